The van der Waals surface area contributed by atoms with E-state index in [1.807, 2.05) is 37.3 Å². The molecular formula is C22H20N4O3. The first-order valence-corrected chi connectivity index (χ1v) is 9.19. The van der Waals surface area contributed by atoms with Gasteiger partial charge in [0.2, 0.25) is 6.10 Å². The highest BCUT2D eigenvalue weighted by Gasteiger charge is 2.21. The van der Waals surface area contributed by atoms with Gasteiger partial charge in [-0.05, 0) is 37.3 Å². The molecule has 0 amide bonds. The number of carbonyl (C=O) groups is 1. The Morgan fingerprint density at radius 2 is 1.90 bits per heavy atom. The summed E-state index contributed by atoms with van der Waals surface area (Å²) in [5.41, 5.74) is 4.22. The fourth-order valence-corrected chi connectivity index (χ4v) is 3.11. The first-order chi connectivity index (χ1) is 14.1. The van der Waals surface area contributed by atoms with E-state index in [-0.39, 0.29) is 0 Å². The van der Waals surface area contributed by atoms with Crippen molar-refractivity contribution in [3.63, 3.8) is 0 Å². The second kappa shape index (κ2) is 8.02. The molecule has 0 aliphatic heterocycles. The van der Waals surface area contributed by atoms with Gasteiger partial charge >= 0.3 is 5.97 Å². The molecule has 0 saturated carbocycles. The van der Waals surface area contributed by atoms with Gasteiger partial charge in [-0.2, -0.15) is 5.10 Å². The molecule has 2 aromatic carbocycles. The molecule has 29 heavy (non-hydrogen) atoms. The summed E-state index contributed by atoms with van der Waals surface area (Å²) in [5.74, 6) is -0.546. The number of nitrogens with one attached hydrogen (secondary N) is 1. The standard InChI is InChI=1S/C22H20N4O3/c1-15-13-18(26-20(25-15)11-12-24-26)14-23-17-7-9-19(10-8-17)29-21(22(27)28)16-5-3-2-4-6-16/h2-13,21,23H,14H2,1H3,(H,27,28). The molecule has 7 nitrogen and oxygen atoms in total. The average molecular weight is 388 g/mol. The third-order valence-corrected chi connectivity index (χ3v) is 4.47. The lowest BCUT2D eigenvalue weighted by molar-refractivity contribution is -0.145. The largest absolute Gasteiger partial charge is 0.478 e. The Hall–Kier alpha value is -3.87. The molecule has 1 atom stereocenters. The van der Waals surface area contributed by atoms with Crippen LogP contribution in [0.4, 0.5) is 5.69 Å². The van der Waals surface area contributed by atoms with Crippen LogP contribution >= 0.6 is 0 Å². The maximum atomic E-state index is 11.6. The minimum Gasteiger partial charge on any atom is -0.478 e. The van der Waals surface area contributed by atoms with Crippen molar-refractivity contribution in [1.29, 1.82) is 0 Å². The fourth-order valence-electron chi connectivity index (χ4n) is 3.11. The summed E-state index contributed by atoms with van der Waals surface area (Å²) < 4.78 is 7.49. The number of carboxylic acids is 1. The number of carboxylic acid groups (broad SMARTS) is 1. The Labute approximate surface area is 167 Å². The normalized spacial score (nSPS) is 11.9. The molecule has 0 aliphatic carbocycles. The summed E-state index contributed by atoms with van der Waals surface area (Å²) >= 11 is 0. The molecule has 0 saturated heterocycles. The van der Waals surface area contributed by atoms with Gasteiger partial charge in [-0.3, -0.25) is 0 Å². The highest BCUT2D eigenvalue weighted by molar-refractivity contribution is 5.74. The van der Waals surface area contributed by atoms with Crippen LogP contribution in [0.1, 0.15) is 23.1 Å². The minimum absolute atomic E-state index is 0.487. The van der Waals surface area contributed by atoms with E-state index in [9.17, 15) is 9.90 Å². The summed E-state index contributed by atoms with van der Waals surface area (Å²) in [6.45, 7) is 2.53. The SMILES string of the molecule is Cc1cc(CNc2ccc(OC(C(=O)O)c3ccccc3)cc2)n2nccc2n1. The summed E-state index contributed by atoms with van der Waals surface area (Å²) in [6, 6.07) is 20.0. The molecule has 1 unspecified atom stereocenters. The number of aryl methyl sites for hydroxylation is 1. The van der Waals surface area contributed by atoms with Crippen LogP contribution in [0.25, 0.3) is 5.65 Å². The van der Waals surface area contributed by atoms with Crippen LogP contribution in [0.5, 0.6) is 5.75 Å². The maximum absolute atomic E-state index is 11.6. The second-order valence-corrected chi connectivity index (χ2v) is 6.61. The molecular weight excluding hydrogens is 368 g/mol. The average Bonchev–Trinajstić information content (AvgIpc) is 3.20. The zero-order valence-corrected chi connectivity index (χ0v) is 15.8. The first kappa shape index (κ1) is 18.5. The van der Waals surface area contributed by atoms with Crippen molar-refractivity contribution in [2.75, 3.05) is 5.32 Å². The molecule has 0 spiro atoms. The van der Waals surface area contributed by atoms with Crippen LogP contribution in [-0.2, 0) is 11.3 Å². The maximum Gasteiger partial charge on any atom is 0.349 e. The molecule has 2 heterocycles. The Kier molecular flexibility index (Phi) is 5.11. The number of rotatable bonds is 7. The van der Waals surface area contributed by atoms with Gasteiger partial charge in [-0.1, -0.05) is 30.3 Å². The number of fused-ring (bicyclic) bond motifs is 1. The van der Waals surface area contributed by atoms with Gasteiger partial charge in [-0.25, -0.2) is 14.3 Å². The van der Waals surface area contributed by atoms with E-state index >= 15 is 0 Å². The van der Waals surface area contributed by atoms with Gasteiger partial charge in [0, 0.05) is 23.0 Å². The van der Waals surface area contributed by atoms with Crippen LogP contribution in [-0.4, -0.2) is 25.7 Å². The molecule has 4 rings (SSSR count). The van der Waals surface area contributed by atoms with Crippen LogP contribution in [0.15, 0.2) is 72.9 Å². The third-order valence-electron chi connectivity index (χ3n) is 4.47. The van der Waals surface area contributed by atoms with Crippen LogP contribution in [0, 0.1) is 6.92 Å². The number of aromatic nitrogens is 3. The number of anilines is 1. The zero-order chi connectivity index (χ0) is 20.2. The third kappa shape index (κ3) is 4.19. The number of aliphatic carboxylic acids is 1. The van der Waals surface area contributed by atoms with Gasteiger partial charge in [0.05, 0.1) is 18.4 Å². The number of hydrogen-bond acceptors (Lipinski definition) is 5. The number of ether oxygens (including phenoxy) is 1. The van der Waals surface area contributed by atoms with Gasteiger partial charge in [0.15, 0.2) is 5.65 Å². The highest BCUT2D eigenvalue weighted by Crippen LogP contribution is 2.24. The van der Waals surface area contributed by atoms with Gasteiger partial charge in [0.25, 0.3) is 0 Å². The topological polar surface area (TPSA) is 88.8 Å². The summed E-state index contributed by atoms with van der Waals surface area (Å²) in [4.78, 5) is 16.0. The van der Waals surface area contributed by atoms with Crippen molar-refractivity contribution in [2.45, 2.75) is 19.6 Å². The van der Waals surface area contributed by atoms with Crippen molar-refractivity contribution >= 4 is 17.3 Å². The van der Waals surface area contributed by atoms with Crippen LogP contribution in [0.2, 0.25) is 0 Å². The quantitative estimate of drug-likeness (QED) is 0.500. The lowest BCUT2D eigenvalue weighted by atomic mass is 10.1. The van der Waals surface area contributed by atoms with Gasteiger partial charge in [-0.15, -0.1) is 0 Å². The molecule has 0 fully saturated rings. The van der Waals surface area contributed by atoms with E-state index in [4.69, 9.17) is 4.74 Å². The molecule has 2 aromatic heterocycles. The van der Waals surface area contributed by atoms with Crippen molar-refractivity contribution < 1.29 is 14.6 Å². The van der Waals surface area contributed by atoms with Crippen LogP contribution < -0.4 is 10.1 Å². The van der Waals surface area contributed by atoms with Gasteiger partial charge in [0.1, 0.15) is 5.75 Å². The molecule has 146 valence electrons. The predicted molar refractivity (Wildman–Crippen MR) is 109 cm³/mol. The van der Waals surface area contributed by atoms with Crippen molar-refractivity contribution in [3.8, 4) is 5.75 Å². The zero-order valence-electron chi connectivity index (χ0n) is 15.8. The van der Waals surface area contributed by atoms with E-state index < -0.39 is 12.1 Å². The lowest BCUT2D eigenvalue weighted by Crippen LogP contribution is -2.18. The Balaban J connectivity index is 1.45. The van der Waals surface area contributed by atoms with E-state index in [2.05, 4.69) is 15.4 Å². The first-order valence-electron chi connectivity index (χ1n) is 9.19. The summed E-state index contributed by atoms with van der Waals surface area (Å²) in [7, 11) is 0. The number of nitrogens with zero attached hydrogens (tertiary/aromatic N) is 3. The van der Waals surface area contributed by atoms with Crippen molar-refractivity contribution in [3.05, 3.63) is 89.9 Å². The van der Waals surface area contributed by atoms with E-state index in [0.29, 0.717) is 17.9 Å². The Morgan fingerprint density at radius 1 is 1.14 bits per heavy atom. The summed E-state index contributed by atoms with van der Waals surface area (Å²) in [6.07, 6.45) is 0.672. The molecule has 7 heteroatoms. The monoisotopic (exact) mass is 388 g/mol. The van der Waals surface area contributed by atoms with Crippen molar-refractivity contribution in [1.82, 2.24) is 14.6 Å². The molecule has 0 radical (unpaired) electrons. The van der Waals surface area contributed by atoms with E-state index in [1.165, 1.54) is 0 Å². The molecule has 0 bridgehead atoms. The predicted octanol–water partition coefficient (Wildman–Crippen LogP) is 3.85. The molecule has 4 aromatic rings. The van der Waals surface area contributed by atoms with Crippen molar-refractivity contribution in [2.24, 2.45) is 0 Å². The fraction of sp³-hybridized carbons (Fsp3) is 0.136. The molecule has 2 N–H and O–H groups in total. The smallest absolute Gasteiger partial charge is 0.349 e. The molecule has 0 aliphatic rings. The highest BCUT2D eigenvalue weighted by atomic mass is 16.5. The second-order valence-electron chi connectivity index (χ2n) is 6.61. The Morgan fingerprint density at radius 3 is 2.62 bits per heavy atom. The van der Waals surface area contributed by atoms with Gasteiger partial charge < -0.3 is 15.2 Å². The number of benzene rings is 2. The number of hydrogen-bond donors (Lipinski definition) is 2. The minimum atomic E-state index is -1.05. The summed E-state index contributed by atoms with van der Waals surface area (Å²) in [5, 5.41) is 17.1. The van der Waals surface area contributed by atoms with E-state index in [0.717, 1.165) is 22.7 Å². The lowest BCUT2D eigenvalue weighted by Gasteiger charge is -2.16. The van der Waals surface area contributed by atoms with Crippen LogP contribution in [0.3, 0.4) is 0 Å². The van der Waals surface area contributed by atoms with E-state index in [1.54, 1.807) is 47.1 Å². The Bertz CT molecular complexity index is 1120.